The lowest BCUT2D eigenvalue weighted by Crippen LogP contribution is -2.45. The first kappa shape index (κ1) is 23.4. The van der Waals surface area contributed by atoms with Crippen LogP contribution in [0.4, 0.5) is 10.1 Å². The molecule has 0 unspecified atom stereocenters. The van der Waals surface area contributed by atoms with E-state index < -0.39 is 0 Å². The Kier molecular flexibility index (Phi) is 6.78. The van der Waals surface area contributed by atoms with Crippen molar-refractivity contribution in [1.29, 1.82) is 0 Å². The Labute approximate surface area is 205 Å². The Balaban J connectivity index is 1.16. The van der Waals surface area contributed by atoms with Crippen molar-refractivity contribution >= 4 is 40.3 Å². The fourth-order valence-corrected chi connectivity index (χ4v) is 5.10. The highest BCUT2D eigenvalue weighted by molar-refractivity contribution is 8.00. The molecule has 5 heterocycles. The topological polar surface area (TPSA) is 109 Å². The third-order valence-electron chi connectivity index (χ3n) is 6.28. The minimum absolute atomic E-state index is 0.0446. The first-order valence-corrected chi connectivity index (χ1v) is 12.4. The SMILES string of the molecule is COc1ccc2ncc(F)c(CCN3CCC(NC(=O)c4cnc5c(c4)NC(=O)CS5)CC3)c2n1. The zero-order valence-corrected chi connectivity index (χ0v) is 20.0. The van der Waals surface area contributed by atoms with E-state index in [1.165, 1.54) is 25.1 Å². The van der Waals surface area contributed by atoms with Gasteiger partial charge in [-0.2, -0.15) is 0 Å². The van der Waals surface area contributed by atoms with Crippen LogP contribution in [0.2, 0.25) is 0 Å². The van der Waals surface area contributed by atoms with Crippen LogP contribution in [0.25, 0.3) is 11.0 Å². The number of fused-ring (bicyclic) bond motifs is 2. The van der Waals surface area contributed by atoms with E-state index in [-0.39, 0.29) is 23.7 Å². The number of ether oxygens (including phenoxy) is 1. The number of anilines is 1. The van der Waals surface area contributed by atoms with E-state index in [1.54, 1.807) is 24.4 Å². The van der Waals surface area contributed by atoms with Crippen LogP contribution in [-0.2, 0) is 11.2 Å². The summed E-state index contributed by atoms with van der Waals surface area (Å²) in [6.07, 6.45) is 4.88. The standard InChI is InChI=1S/C24H25FN6O3S/c1-34-21-3-2-18-22(30-21)16(17(25)12-26-18)6-9-31-7-4-15(5-8-31)28-23(33)14-10-19-24(27-11-14)35-13-20(32)29-19/h2-3,10-12,15H,4-9,13H2,1H3,(H,28,33)(H,29,32). The number of nitrogens with one attached hydrogen (secondary N) is 2. The van der Waals surface area contributed by atoms with Crippen molar-refractivity contribution in [3.05, 3.63) is 47.5 Å². The third-order valence-corrected chi connectivity index (χ3v) is 7.28. The number of nitrogens with zero attached hydrogens (tertiary/aromatic N) is 4. The summed E-state index contributed by atoms with van der Waals surface area (Å²) in [4.78, 5) is 39.5. The number of likely N-dealkylation sites (tertiary alicyclic amines) is 1. The van der Waals surface area contributed by atoms with E-state index in [4.69, 9.17) is 4.74 Å². The average Bonchev–Trinajstić information content (AvgIpc) is 2.88. The number of carbonyl (C=O) groups is 2. The van der Waals surface area contributed by atoms with Crippen LogP contribution < -0.4 is 15.4 Å². The minimum atomic E-state index is -0.367. The Hall–Kier alpha value is -3.31. The predicted molar refractivity (Wildman–Crippen MR) is 130 cm³/mol. The van der Waals surface area contributed by atoms with Gasteiger partial charge in [0, 0.05) is 43.5 Å². The van der Waals surface area contributed by atoms with Gasteiger partial charge in [-0.3, -0.25) is 14.6 Å². The van der Waals surface area contributed by atoms with Crippen LogP contribution in [0.15, 0.2) is 35.6 Å². The first-order chi connectivity index (χ1) is 17.0. The highest BCUT2D eigenvalue weighted by Crippen LogP contribution is 2.29. The molecule has 2 aliphatic heterocycles. The van der Waals surface area contributed by atoms with Crippen LogP contribution in [0, 0.1) is 5.82 Å². The number of carbonyl (C=O) groups excluding carboxylic acids is 2. The summed E-state index contributed by atoms with van der Waals surface area (Å²) in [5, 5.41) is 6.56. The fraction of sp³-hybridized carbons (Fsp3) is 0.375. The molecule has 182 valence electrons. The van der Waals surface area contributed by atoms with Gasteiger partial charge in [-0.25, -0.2) is 14.4 Å². The number of rotatable bonds is 6. The predicted octanol–water partition coefficient (Wildman–Crippen LogP) is 2.65. The lowest BCUT2D eigenvalue weighted by atomic mass is 10.0. The number of amides is 2. The van der Waals surface area contributed by atoms with Crippen LogP contribution in [0.1, 0.15) is 28.8 Å². The molecule has 2 N–H and O–H groups in total. The minimum Gasteiger partial charge on any atom is -0.481 e. The Morgan fingerprint density at radius 1 is 1.29 bits per heavy atom. The van der Waals surface area contributed by atoms with Crippen LogP contribution >= 0.6 is 11.8 Å². The molecular weight excluding hydrogens is 471 g/mol. The van der Waals surface area contributed by atoms with Gasteiger partial charge < -0.3 is 20.3 Å². The van der Waals surface area contributed by atoms with Crippen molar-refractivity contribution in [3.8, 4) is 5.88 Å². The third kappa shape index (κ3) is 5.20. The fourth-order valence-electron chi connectivity index (χ4n) is 4.37. The van der Waals surface area contributed by atoms with Crippen molar-refractivity contribution in [2.24, 2.45) is 0 Å². The molecule has 0 spiro atoms. The number of methoxy groups -OCH3 is 1. The molecule has 1 saturated heterocycles. The van der Waals surface area contributed by atoms with E-state index in [1.807, 2.05) is 0 Å². The molecule has 5 rings (SSSR count). The van der Waals surface area contributed by atoms with Crippen molar-refractivity contribution in [2.45, 2.75) is 30.3 Å². The molecule has 0 atom stereocenters. The summed E-state index contributed by atoms with van der Waals surface area (Å²) in [5.41, 5.74) is 2.71. The van der Waals surface area contributed by atoms with E-state index in [2.05, 4.69) is 30.5 Å². The zero-order valence-electron chi connectivity index (χ0n) is 19.2. The van der Waals surface area contributed by atoms with Crippen LogP contribution in [0.3, 0.4) is 0 Å². The molecule has 1 fully saturated rings. The Bertz CT molecular complexity index is 1280. The van der Waals surface area contributed by atoms with Crippen LogP contribution in [-0.4, -0.2) is 70.2 Å². The van der Waals surface area contributed by atoms with E-state index >= 15 is 0 Å². The van der Waals surface area contributed by atoms with Gasteiger partial charge in [-0.05, 0) is 31.4 Å². The highest BCUT2D eigenvalue weighted by Gasteiger charge is 2.23. The maximum Gasteiger partial charge on any atom is 0.253 e. The molecule has 0 aromatic carbocycles. The first-order valence-electron chi connectivity index (χ1n) is 11.4. The second-order valence-electron chi connectivity index (χ2n) is 8.56. The molecule has 0 aliphatic carbocycles. The lowest BCUT2D eigenvalue weighted by Gasteiger charge is -2.32. The van der Waals surface area contributed by atoms with E-state index in [0.29, 0.717) is 52.4 Å². The molecule has 35 heavy (non-hydrogen) atoms. The Morgan fingerprint density at radius 3 is 2.91 bits per heavy atom. The summed E-state index contributed by atoms with van der Waals surface area (Å²) in [6.45, 7) is 2.27. The van der Waals surface area contributed by atoms with Crippen molar-refractivity contribution in [3.63, 3.8) is 0 Å². The molecular formula is C24H25FN6O3S. The molecule has 3 aromatic heterocycles. The van der Waals surface area contributed by atoms with Gasteiger partial charge in [0.15, 0.2) is 0 Å². The summed E-state index contributed by atoms with van der Waals surface area (Å²) in [6, 6.07) is 5.21. The van der Waals surface area contributed by atoms with Gasteiger partial charge in [0.1, 0.15) is 10.8 Å². The van der Waals surface area contributed by atoms with Gasteiger partial charge in [0.25, 0.3) is 5.91 Å². The maximum atomic E-state index is 14.6. The van der Waals surface area contributed by atoms with Gasteiger partial charge in [0.2, 0.25) is 11.8 Å². The van der Waals surface area contributed by atoms with Gasteiger partial charge in [0.05, 0.1) is 41.3 Å². The number of pyridine rings is 3. The number of hydrogen-bond donors (Lipinski definition) is 2. The van der Waals surface area contributed by atoms with Crippen LogP contribution in [0.5, 0.6) is 5.88 Å². The quantitative estimate of drug-likeness (QED) is 0.536. The Morgan fingerprint density at radius 2 is 2.11 bits per heavy atom. The zero-order chi connectivity index (χ0) is 24.4. The van der Waals surface area contributed by atoms with Crippen molar-refractivity contribution in [1.82, 2.24) is 25.2 Å². The monoisotopic (exact) mass is 496 g/mol. The van der Waals surface area contributed by atoms with E-state index in [0.717, 1.165) is 31.0 Å². The normalized spacial score (nSPS) is 16.6. The van der Waals surface area contributed by atoms with Gasteiger partial charge in [-0.15, -0.1) is 0 Å². The average molecular weight is 497 g/mol. The van der Waals surface area contributed by atoms with Gasteiger partial charge in [-0.1, -0.05) is 11.8 Å². The molecule has 3 aromatic rings. The molecule has 0 bridgehead atoms. The largest absolute Gasteiger partial charge is 0.481 e. The molecule has 2 aliphatic rings. The molecule has 11 heteroatoms. The summed E-state index contributed by atoms with van der Waals surface area (Å²) >= 11 is 1.36. The number of piperidine rings is 1. The number of thioether (sulfide) groups is 1. The molecule has 2 amide bonds. The highest BCUT2D eigenvalue weighted by atomic mass is 32.2. The maximum absolute atomic E-state index is 14.6. The molecule has 9 nitrogen and oxygen atoms in total. The second kappa shape index (κ2) is 10.1. The van der Waals surface area contributed by atoms with Gasteiger partial charge >= 0.3 is 0 Å². The summed E-state index contributed by atoms with van der Waals surface area (Å²) in [7, 11) is 1.53. The lowest BCUT2D eigenvalue weighted by molar-refractivity contribution is -0.113. The summed E-state index contributed by atoms with van der Waals surface area (Å²) in [5.74, 6) is 0.100. The molecule has 0 saturated carbocycles. The number of halogens is 1. The van der Waals surface area contributed by atoms with Crippen molar-refractivity contribution in [2.75, 3.05) is 37.8 Å². The van der Waals surface area contributed by atoms with E-state index in [9.17, 15) is 14.0 Å². The number of aromatic nitrogens is 3. The second-order valence-corrected chi connectivity index (χ2v) is 9.52. The number of hydrogen-bond acceptors (Lipinski definition) is 8. The summed E-state index contributed by atoms with van der Waals surface area (Å²) < 4.78 is 19.8. The van der Waals surface area contributed by atoms with Crippen molar-refractivity contribution < 1.29 is 18.7 Å². The smallest absolute Gasteiger partial charge is 0.253 e. The molecule has 0 radical (unpaired) electrons.